The van der Waals surface area contributed by atoms with Crippen molar-refractivity contribution in [2.24, 2.45) is 10.3 Å². The number of ether oxygens (including phenoxy) is 1. The van der Waals surface area contributed by atoms with Gasteiger partial charge in [-0.3, -0.25) is 9.59 Å². The highest BCUT2D eigenvalue weighted by atomic mass is 32.2. The molecule has 0 radical (unpaired) electrons. The van der Waals surface area contributed by atoms with Crippen molar-refractivity contribution in [3.8, 4) is 5.75 Å². The summed E-state index contributed by atoms with van der Waals surface area (Å²) in [5, 5.41) is 27.3. The zero-order chi connectivity index (χ0) is 43.3. The van der Waals surface area contributed by atoms with Gasteiger partial charge in [0.2, 0.25) is 15.9 Å². The third-order valence-corrected chi connectivity index (χ3v) is 11.0. The molecule has 314 valence electrons. The summed E-state index contributed by atoms with van der Waals surface area (Å²) in [5.41, 5.74) is 13.7. The van der Waals surface area contributed by atoms with Crippen LogP contribution in [0, 0.1) is 0 Å². The molecule has 2 amide bonds. The fraction of sp³-hybridized carbons (Fsp3) is 0.289. The average molecular weight is 833 g/mol. The molecule has 5 rings (SSSR count). The van der Waals surface area contributed by atoms with Crippen molar-refractivity contribution in [1.82, 2.24) is 10.6 Å². The molecule has 0 fully saturated rings. The largest absolute Gasteiger partial charge is 0.491 e. The summed E-state index contributed by atoms with van der Waals surface area (Å²) in [6, 6.07) is 29.5. The predicted octanol–water partition coefficient (Wildman–Crippen LogP) is 7.48. The van der Waals surface area contributed by atoms with E-state index in [-0.39, 0.29) is 48.2 Å². The molecule has 0 aromatic heterocycles. The number of nitrogens with two attached hydrogens (primary N) is 1. The van der Waals surface area contributed by atoms with Crippen molar-refractivity contribution < 1.29 is 27.9 Å². The number of carbonyl (C=O) groups is 2. The third-order valence-electron chi connectivity index (χ3n) is 10.1. The molecule has 1 aliphatic rings. The Morgan fingerprint density at radius 1 is 0.967 bits per heavy atom. The van der Waals surface area contributed by atoms with Gasteiger partial charge in [0.05, 0.1) is 4.90 Å². The number of allylic oxidation sites excluding steroid dienone is 6. The summed E-state index contributed by atoms with van der Waals surface area (Å²) in [4.78, 5) is 30.4. The van der Waals surface area contributed by atoms with E-state index in [0.717, 1.165) is 34.7 Å². The predicted molar refractivity (Wildman–Crippen MR) is 235 cm³/mol. The van der Waals surface area contributed by atoms with Gasteiger partial charge in [0, 0.05) is 64.7 Å². The monoisotopic (exact) mass is 832 g/mol. The maximum atomic E-state index is 13.1. The Kier molecular flexibility index (Phi) is 14.9. The molecule has 1 heterocycles. The number of nitrogens with one attached hydrogen (secondary N) is 3. The number of sulfonamides is 1. The summed E-state index contributed by atoms with van der Waals surface area (Å²) in [6.07, 6.45) is 9.60. The molecule has 1 atom stereocenters. The first-order chi connectivity index (χ1) is 28.6. The van der Waals surface area contributed by atoms with Crippen LogP contribution in [0.5, 0.6) is 5.75 Å². The first-order valence-corrected chi connectivity index (χ1v) is 21.1. The number of rotatable bonds is 19. The number of primary sulfonamides is 1. The van der Waals surface area contributed by atoms with Crippen LogP contribution in [0.3, 0.4) is 0 Å². The number of aliphatic hydroxyl groups excluding tert-OH is 1. The van der Waals surface area contributed by atoms with E-state index >= 15 is 0 Å². The average Bonchev–Trinajstić information content (AvgIpc) is 3.43. The molecule has 4 aromatic carbocycles. The van der Waals surface area contributed by atoms with Crippen LogP contribution in [0.1, 0.15) is 62.0 Å². The van der Waals surface area contributed by atoms with Gasteiger partial charge in [0.1, 0.15) is 12.4 Å². The SMILES string of the molecule is CC(C)(C/C=C/C=C/C=C1/N(CCC(=O)NCCNC(=O)c2cccc(OCC(O)N=[N+]=[N-])c2)c2ccc(S(N)(=O)=O)cc2C1(C)C)c1ccccc1Nc1ccccc1. The van der Waals surface area contributed by atoms with E-state index in [1.54, 1.807) is 30.3 Å². The zero-order valence-electron chi connectivity index (χ0n) is 34.2. The summed E-state index contributed by atoms with van der Waals surface area (Å²) < 4.78 is 30.0. The van der Waals surface area contributed by atoms with E-state index in [1.165, 1.54) is 17.7 Å². The normalized spacial score (nSPS) is 14.8. The molecule has 0 spiro atoms. The van der Waals surface area contributed by atoms with Gasteiger partial charge in [0.25, 0.3) is 5.91 Å². The number of hydrogen-bond acceptors (Lipinski definition) is 9. The summed E-state index contributed by atoms with van der Waals surface area (Å²) >= 11 is 0. The second kappa shape index (κ2) is 20.1. The highest BCUT2D eigenvalue weighted by molar-refractivity contribution is 7.89. The van der Waals surface area contributed by atoms with Gasteiger partial charge in [-0.25, -0.2) is 13.6 Å². The second-order valence-corrected chi connectivity index (χ2v) is 16.9. The Hall–Kier alpha value is -6.38. The fourth-order valence-corrected chi connectivity index (χ4v) is 7.51. The minimum Gasteiger partial charge on any atom is -0.491 e. The Morgan fingerprint density at radius 3 is 2.45 bits per heavy atom. The van der Waals surface area contributed by atoms with Crippen LogP contribution in [0.4, 0.5) is 17.1 Å². The van der Waals surface area contributed by atoms with Crippen LogP contribution < -0.4 is 30.7 Å². The number of aliphatic hydroxyl groups is 1. The maximum Gasteiger partial charge on any atom is 0.251 e. The maximum absolute atomic E-state index is 13.1. The molecule has 0 saturated heterocycles. The van der Waals surface area contributed by atoms with Gasteiger partial charge >= 0.3 is 0 Å². The molecule has 0 bridgehead atoms. The lowest BCUT2D eigenvalue weighted by molar-refractivity contribution is -0.120. The van der Waals surface area contributed by atoms with Crippen LogP contribution in [0.25, 0.3) is 10.4 Å². The smallest absolute Gasteiger partial charge is 0.251 e. The van der Waals surface area contributed by atoms with Gasteiger partial charge in [-0.2, -0.15) is 0 Å². The Bertz CT molecular complexity index is 2410. The van der Waals surface area contributed by atoms with E-state index in [2.05, 4.69) is 64.1 Å². The van der Waals surface area contributed by atoms with Crippen LogP contribution in [-0.2, 0) is 25.6 Å². The van der Waals surface area contributed by atoms with Crippen molar-refractivity contribution in [3.05, 3.63) is 160 Å². The van der Waals surface area contributed by atoms with Crippen LogP contribution in [-0.4, -0.2) is 57.8 Å². The summed E-state index contributed by atoms with van der Waals surface area (Å²) in [6.45, 7) is 8.84. The molecular formula is C45H52N8O6S. The second-order valence-electron chi connectivity index (χ2n) is 15.4. The van der Waals surface area contributed by atoms with Crippen molar-refractivity contribution >= 4 is 38.9 Å². The van der Waals surface area contributed by atoms with Gasteiger partial charge in [-0.05, 0) is 89.2 Å². The molecule has 0 saturated carbocycles. The van der Waals surface area contributed by atoms with Gasteiger partial charge < -0.3 is 30.7 Å². The third kappa shape index (κ3) is 11.9. The van der Waals surface area contributed by atoms with Gasteiger partial charge in [-0.15, -0.1) is 0 Å². The number of azide groups is 1. The van der Waals surface area contributed by atoms with Gasteiger partial charge in [0.15, 0.2) is 6.23 Å². The molecular weight excluding hydrogens is 781 g/mol. The molecule has 15 heteroatoms. The number of benzene rings is 4. The fourth-order valence-electron chi connectivity index (χ4n) is 6.97. The van der Waals surface area contributed by atoms with E-state index in [0.29, 0.717) is 17.9 Å². The number of carbonyl (C=O) groups excluding carboxylic acids is 2. The Morgan fingerprint density at radius 2 is 1.70 bits per heavy atom. The minimum atomic E-state index is -3.95. The molecule has 4 aromatic rings. The molecule has 14 nitrogen and oxygen atoms in total. The van der Waals surface area contributed by atoms with E-state index in [4.69, 9.17) is 15.4 Å². The first kappa shape index (κ1) is 44.7. The Balaban J connectivity index is 1.21. The van der Waals surface area contributed by atoms with E-state index in [1.807, 2.05) is 79.4 Å². The van der Waals surface area contributed by atoms with Crippen LogP contribution in [0.2, 0.25) is 0 Å². The summed E-state index contributed by atoms with van der Waals surface area (Å²) in [7, 11) is -3.95. The number of anilines is 3. The van der Waals surface area contributed by atoms with Crippen molar-refractivity contribution in [2.75, 3.05) is 36.5 Å². The number of hydrogen-bond donors (Lipinski definition) is 5. The quantitative estimate of drug-likeness (QED) is 0.0210. The van der Waals surface area contributed by atoms with Crippen LogP contribution >= 0.6 is 0 Å². The molecule has 60 heavy (non-hydrogen) atoms. The number of nitrogens with zero attached hydrogens (tertiary/aromatic N) is 4. The minimum absolute atomic E-state index is 0.0142. The first-order valence-electron chi connectivity index (χ1n) is 19.5. The molecule has 6 N–H and O–H groups in total. The van der Waals surface area contributed by atoms with Crippen molar-refractivity contribution in [2.45, 2.75) is 62.5 Å². The van der Waals surface area contributed by atoms with E-state index < -0.39 is 21.7 Å². The van der Waals surface area contributed by atoms with Crippen LogP contribution in [0.15, 0.2) is 143 Å². The molecule has 1 unspecified atom stereocenters. The molecule has 1 aliphatic heterocycles. The lowest BCUT2D eigenvalue weighted by Crippen LogP contribution is -2.36. The Labute approximate surface area is 351 Å². The number of fused-ring (bicyclic) bond motifs is 1. The lowest BCUT2D eigenvalue weighted by atomic mass is 9.80. The van der Waals surface area contributed by atoms with E-state index in [9.17, 15) is 23.1 Å². The highest BCUT2D eigenvalue weighted by Gasteiger charge is 2.40. The topological polar surface area (TPSA) is 212 Å². The number of amides is 2. The number of para-hydroxylation sites is 2. The highest BCUT2D eigenvalue weighted by Crippen LogP contribution is 2.48. The standard InChI is InChI=1S/C45H52N8O6S/c1-44(2,36-19-11-12-20-38(36)50-33-16-8-7-9-17-33)25-13-6-5-10-21-40-45(3,4)37-30-35(60(47,57)58)22-23-39(37)53(40)28-24-41(54)48-26-27-49-43(56)32-15-14-18-34(29-32)59-31-42(55)51-52-46/h5-23,29-30,42,50,55H,24-28,31H2,1-4H3,(H,48,54)(H,49,56)(H2,47,57,58)/b10-5+,13-6+,40-21+. The molecule has 0 aliphatic carbocycles. The van der Waals surface area contributed by atoms with Gasteiger partial charge in [-0.1, -0.05) is 99.6 Å². The van der Waals surface area contributed by atoms with Crippen molar-refractivity contribution in [3.63, 3.8) is 0 Å². The zero-order valence-corrected chi connectivity index (χ0v) is 35.0. The summed E-state index contributed by atoms with van der Waals surface area (Å²) in [5.74, 6) is -0.306. The van der Waals surface area contributed by atoms with Crippen molar-refractivity contribution in [1.29, 1.82) is 0 Å². The lowest BCUT2D eigenvalue weighted by Gasteiger charge is -2.27.